The van der Waals surface area contributed by atoms with Crippen molar-refractivity contribution < 1.29 is 35.5 Å². The molecule has 0 fully saturated rings. The number of alkyl halides is 6. The first-order chi connectivity index (χ1) is 14.0. The zero-order valence-electron chi connectivity index (χ0n) is 15.3. The molecule has 0 aromatic heterocycles. The lowest BCUT2D eigenvalue weighted by Crippen LogP contribution is -2.30. The molecule has 0 radical (unpaired) electrons. The smallest absolute Gasteiger partial charge is 0.419 e. The van der Waals surface area contributed by atoms with E-state index in [0.29, 0.717) is 11.8 Å². The lowest BCUT2D eigenvalue weighted by molar-refractivity contribution is -0.144. The van der Waals surface area contributed by atoms with Crippen molar-refractivity contribution in [2.45, 2.75) is 18.5 Å². The molecule has 30 heavy (non-hydrogen) atoms. The zero-order chi connectivity index (χ0) is 22.1. The molecule has 0 amide bonds. The van der Waals surface area contributed by atoms with Gasteiger partial charge in [-0.15, -0.1) is 0 Å². The third kappa shape index (κ3) is 4.75. The third-order valence-electron chi connectivity index (χ3n) is 4.21. The number of nitrogens with one attached hydrogen (secondary N) is 2. The molecule has 0 bridgehead atoms. The number of anilines is 1. The highest BCUT2D eigenvalue weighted by Gasteiger charge is 2.42. The standard InChI is InChI=1S/C18H15F7N4O/c1-29-16(26-8-28-29)13-6-10(17(20,21)22)7-14(18(23,24)25)15(13)30-9-27-12-4-2-11(19)3-5-12/h2-8,16,27H,9H2,1H3,(H,26,28). The van der Waals surface area contributed by atoms with E-state index in [1.807, 2.05) is 0 Å². The number of hydrogen-bond acceptors (Lipinski definition) is 5. The van der Waals surface area contributed by atoms with E-state index in [9.17, 15) is 30.7 Å². The van der Waals surface area contributed by atoms with Crippen LogP contribution >= 0.6 is 0 Å². The van der Waals surface area contributed by atoms with Crippen molar-refractivity contribution in [1.82, 2.24) is 10.4 Å². The summed E-state index contributed by atoms with van der Waals surface area (Å²) in [4.78, 5) is 3.88. The van der Waals surface area contributed by atoms with Gasteiger partial charge in [0.05, 0.1) is 17.5 Å². The Hall–Kier alpha value is -3.02. The Morgan fingerprint density at radius 3 is 2.27 bits per heavy atom. The summed E-state index contributed by atoms with van der Waals surface area (Å²) in [6.07, 6.45) is -10.1. The number of hydrazine groups is 1. The summed E-state index contributed by atoms with van der Waals surface area (Å²) >= 11 is 0. The molecule has 3 rings (SSSR count). The fourth-order valence-corrected chi connectivity index (χ4v) is 2.79. The summed E-state index contributed by atoms with van der Waals surface area (Å²) in [6.45, 7) is -0.513. The molecule has 5 nitrogen and oxygen atoms in total. The van der Waals surface area contributed by atoms with E-state index in [4.69, 9.17) is 4.74 Å². The Morgan fingerprint density at radius 2 is 1.73 bits per heavy atom. The maximum atomic E-state index is 13.6. The second-order valence-corrected chi connectivity index (χ2v) is 6.30. The fraction of sp³-hybridized carbons (Fsp3) is 0.278. The average molecular weight is 436 g/mol. The predicted molar refractivity (Wildman–Crippen MR) is 94.1 cm³/mol. The molecule has 1 unspecified atom stereocenters. The number of rotatable bonds is 5. The minimum Gasteiger partial charge on any atom is -0.472 e. The minimum atomic E-state index is -5.12. The van der Waals surface area contributed by atoms with E-state index in [1.54, 1.807) is 0 Å². The lowest BCUT2D eigenvalue weighted by atomic mass is 10.0. The molecule has 12 heteroatoms. The second-order valence-electron chi connectivity index (χ2n) is 6.30. The van der Waals surface area contributed by atoms with Crippen LogP contribution < -0.4 is 15.5 Å². The van der Waals surface area contributed by atoms with Gasteiger partial charge in [-0.25, -0.2) is 9.38 Å². The Kier molecular flexibility index (Phi) is 5.79. The molecule has 2 aromatic carbocycles. The van der Waals surface area contributed by atoms with Crippen molar-refractivity contribution in [2.75, 3.05) is 19.1 Å². The lowest BCUT2D eigenvalue weighted by Gasteiger charge is -2.25. The van der Waals surface area contributed by atoms with E-state index in [-0.39, 0.29) is 6.07 Å². The van der Waals surface area contributed by atoms with Crippen molar-refractivity contribution in [1.29, 1.82) is 0 Å². The molecule has 1 aliphatic rings. The molecule has 2 N–H and O–H groups in total. The van der Waals surface area contributed by atoms with Crippen molar-refractivity contribution >= 4 is 12.0 Å². The molecule has 0 spiro atoms. The van der Waals surface area contributed by atoms with Crippen LogP contribution in [-0.2, 0) is 12.4 Å². The zero-order valence-corrected chi connectivity index (χ0v) is 15.3. The molecule has 0 aliphatic carbocycles. The normalized spacial score (nSPS) is 17.1. The summed E-state index contributed by atoms with van der Waals surface area (Å²) in [5.74, 6) is -1.30. The van der Waals surface area contributed by atoms with Crippen LogP contribution in [0.5, 0.6) is 5.75 Å². The number of hydrogen-bond donors (Lipinski definition) is 2. The van der Waals surface area contributed by atoms with Gasteiger partial charge in [0.1, 0.15) is 17.7 Å². The van der Waals surface area contributed by atoms with Crippen LogP contribution in [0.4, 0.5) is 36.4 Å². The number of benzene rings is 2. The van der Waals surface area contributed by atoms with Gasteiger partial charge in [-0.1, -0.05) is 0 Å². The number of nitrogens with zero attached hydrogens (tertiary/aromatic N) is 2. The van der Waals surface area contributed by atoms with Crippen molar-refractivity contribution in [3.05, 3.63) is 58.9 Å². The maximum Gasteiger partial charge on any atom is 0.419 e. The maximum absolute atomic E-state index is 13.6. The van der Waals surface area contributed by atoms with Crippen molar-refractivity contribution in [2.24, 2.45) is 4.99 Å². The topological polar surface area (TPSA) is 48.9 Å². The van der Waals surface area contributed by atoms with Crippen LogP contribution in [0, 0.1) is 5.82 Å². The Bertz CT molecular complexity index is 926. The van der Waals surface area contributed by atoms with Gasteiger partial charge in [0, 0.05) is 18.3 Å². The van der Waals surface area contributed by atoms with E-state index < -0.39 is 53.5 Å². The van der Waals surface area contributed by atoms with Crippen molar-refractivity contribution in [3.63, 3.8) is 0 Å². The molecule has 1 aliphatic heterocycles. The number of halogens is 7. The average Bonchev–Trinajstić information content (AvgIpc) is 3.07. The number of ether oxygens (including phenoxy) is 1. The van der Waals surface area contributed by atoms with E-state index >= 15 is 0 Å². The highest BCUT2D eigenvalue weighted by atomic mass is 19.4. The quantitative estimate of drug-likeness (QED) is 0.523. The number of aliphatic imine (C=N–C) groups is 1. The van der Waals surface area contributed by atoms with Gasteiger partial charge >= 0.3 is 12.4 Å². The van der Waals surface area contributed by atoms with E-state index in [1.165, 1.54) is 24.2 Å². The monoisotopic (exact) mass is 436 g/mol. The summed E-state index contributed by atoms with van der Waals surface area (Å²) in [6, 6.07) is 5.49. The molecule has 2 aromatic rings. The fourth-order valence-electron chi connectivity index (χ4n) is 2.79. The molecule has 0 saturated heterocycles. The molecule has 0 saturated carbocycles. The van der Waals surface area contributed by atoms with Gasteiger partial charge in [0.15, 0.2) is 6.73 Å². The highest BCUT2D eigenvalue weighted by Crippen LogP contribution is 2.45. The molecular formula is C18H15F7N4O. The molecule has 1 heterocycles. The third-order valence-corrected chi connectivity index (χ3v) is 4.21. The van der Waals surface area contributed by atoms with Gasteiger partial charge in [0.25, 0.3) is 0 Å². The van der Waals surface area contributed by atoms with Crippen LogP contribution in [0.15, 0.2) is 41.4 Å². The van der Waals surface area contributed by atoms with Crippen molar-refractivity contribution in [3.8, 4) is 5.75 Å². The Balaban J connectivity index is 2.01. The van der Waals surface area contributed by atoms with Crippen LogP contribution in [0.1, 0.15) is 22.9 Å². The molecule has 1 atom stereocenters. The highest BCUT2D eigenvalue weighted by molar-refractivity contribution is 5.58. The second kappa shape index (κ2) is 8.01. The van der Waals surface area contributed by atoms with E-state index in [2.05, 4.69) is 15.7 Å². The van der Waals surface area contributed by atoms with E-state index in [0.717, 1.165) is 18.5 Å². The summed E-state index contributed by atoms with van der Waals surface area (Å²) in [5.41, 5.74) is -0.553. The Labute approximate surface area is 166 Å². The van der Waals surface area contributed by atoms with Crippen LogP contribution in [0.2, 0.25) is 0 Å². The largest absolute Gasteiger partial charge is 0.472 e. The SMILES string of the molecule is CN1NC=NC1c1cc(C(F)(F)F)cc(C(F)(F)F)c1OCNc1ccc(F)cc1. The van der Waals surface area contributed by atoms with Gasteiger partial charge < -0.3 is 15.5 Å². The van der Waals surface area contributed by atoms with Gasteiger partial charge in [-0.3, -0.25) is 0 Å². The molecule has 162 valence electrons. The summed E-state index contributed by atoms with van der Waals surface area (Å²) in [5, 5.41) is 3.86. The molecular weight excluding hydrogens is 421 g/mol. The predicted octanol–water partition coefficient (Wildman–Crippen LogP) is 4.79. The first-order valence-corrected chi connectivity index (χ1v) is 8.42. The van der Waals surface area contributed by atoms with Gasteiger partial charge in [-0.2, -0.15) is 31.4 Å². The minimum absolute atomic E-state index is 0.00280. The first-order valence-electron chi connectivity index (χ1n) is 8.42. The van der Waals surface area contributed by atoms with Crippen LogP contribution in [0.25, 0.3) is 0 Å². The summed E-state index contributed by atoms with van der Waals surface area (Å²) in [7, 11) is 1.41. The first kappa shape index (κ1) is 21.7. The summed E-state index contributed by atoms with van der Waals surface area (Å²) < 4.78 is 98.7. The Morgan fingerprint density at radius 1 is 1.07 bits per heavy atom. The van der Waals surface area contributed by atoms with Gasteiger partial charge in [0.2, 0.25) is 0 Å². The van der Waals surface area contributed by atoms with Crippen LogP contribution in [0.3, 0.4) is 0 Å². The van der Waals surface area contributed by atoms with Gasteiger partial charge in [-0.05, 0) is 36.4 Å². The van der Waals surface area contributed by atoms with Crippen LogP contribution in [-0.4, -0.2) is 25.1 Å².